The minimum Gasteiger partial charge on any atom is -0.478 e. The normalized spacial score (nSPS) is 16.9. The van der Waals surface area contributed by atoms with Crippen LogP contribution in [0.25, 0.3) is 6.08 Å². The second kappa shape index (κ2) is 7.69. The number of thiophene rings is 1. The molecular formula is C22H25NO3S. The number of carbonyl (C=O) groups excluding carboxylic acids is 1. The zero-order chi connectivity index (χ0) is 19.6. The molecule has 1 amide bonds. The Labute approximate surface area is 163 Å². The second-order valence-corrected chi connectivity index (χ2v) is 9.16. The molecule has 27 heavy (non-hydrogen) atoms. The number of amides is 1. The Morgan fingerprint density at radius 2 is 1.93 bits per heavy atom. The number of anilines is 1. The van der Waals surface area contributed by atoms with Gasteiger partial charge in [-0.2, -0.15) is 0 Å². The van der Waals surface area contributed by atoms with Crippen LogP contribution in [0.15, 0.2) is 36.4 Å². The molecule has 0 fully saturated rings. The molecule has 0 spiro atoms. The highest BCUT2D eigenvalue weighted by atomic mass is 32.1. The summed E-state index contributed by atoms with van der Waals surface area (Å²) in [4.78, 5) is 25.2. The van der Waals surface area contributed by atoms with E-state index in [9.17, 15) is 14.7 Å². The molecule has 3 rings (SSSR count). The lowest BCUT2D eigenvalue weighted by atomic mass is 9.72. The van der Waals surface area contributed by atoms with Crippen LogP contribution >= 0.6 is 11.3 Å². The van der Waals surface area contributed by atoms with Crippen molar-refractivity contribution in [2.45, 2.75) is 40.0 Å². The van der Waals surface area contributed by atoms with Crippen LogP contribution < -0.4 is 5.32 Å². The van der Waals surface area contributed by atoms with E-state index in [2.05, 4.69) is 26.1 Å². The van der Waals surface area contributed by atoms with Crippen LogP contribution in [0.5, 0.6) is 0 Å². The van der Waals surface area contributed by atoms with Gasteiger partial charge in [0.25, 0.3) is 0 Å². The van der Waals surface area contributed by atoms with E-state index in [4.69, 9.17) is 0 Å². The summed E-state index contributed by atoms with van der Waals surface area (Å²) in [7, 11) is 0. The van der Waals surface area contributed by atoms with Crippen molar-refractivity contribution in [2.75, 3.05) is 5.32 Å². The first kappa shape index (κ1) is 19.4. The molecule has 0 radical (unpaired) electrons. The number of nitrogens with one attached hydrogen (secondary N) is 1. The van der Waals surface area contributed by atoms with Gasteiger partial charge in [0, 0.05) is 11.0 Å². The number of rotatable bonds is 4. The summed E-state index contributed by atoms with van der Waals surface area (Å²) in [5.41, 5.74) is 2.27. The van der Waals surface area contributed by atoms with Crippen LogP contribution in [0.3, 0.4) is 0 Å². The number of carboxylic acids is 1. The molecule has 1 aromatic heterocycles. The maximum absolute atomic E-state index is 12.3. The highest BCUT2D eigenvalue weighted by molar-refractivity contribution is 7.17. The summed E-state index contributed by atoms with van der Waals surface area (Å²) in [6.45, 7) is 6.68. The predicted molar refractivity (Wildman–Crippen MR) is 110 cm³/mol. The van der Waals surface area contributed by atoms with Crippen LogP contribution in [-0.2, 0) is 17.6 Å². The monoisotopic (exact) mass is 383 g/mol. The van der Waals surface area contributed by atoms with E-state index in [-0.39, 0.29) is 16.9 Å². The highest BCUT2D eigenvalue weighted by Gasteiger charge is 2.33. The molecule has 5 heteroatoms. The van der Waals surface area contributed by atoms with Gasteiger partial charge in [0.1, 0.15) is 5.00 Å². The second-order valence-electron chi connectivity index (χ2n) is 8.05. The molecule has 0 saturated carbocycles. The molecule has 142 valence electrons. The van der Waals surface area contributed by atoms with Gasteiger partial charge in [0.15, 0.2) is 0 Å². The first-order valence-corrected chi connectivity index (χ1v) is 9.99. The molecule has 1 atom stereocenters. The van der Waals surface area contributed by atoms with Crippen LogP contribution in [0.4, 0.5) is 5.00 Å². The minimum absolute atomic E-state index is 0.187. The number of aromatic carboxylic acids is 1. The van der Waals surface area contributed by atoms with Gasteiger partial charge in [-0.1, -0.05) is 51.1 Å². The van der Waals surface area contributed by atoms with Crippen molar-refractivity contribution >= 4 is 34.3 Å². The van der Waals surface area contributed by atoms with Crippen molar-refractivity contribution in [3.8, 4) is 0 Å². The maximum atomic E-state index is 12.3. The number of carboxylic acid groups (broad SMARTS) is 1. The third-order valence-electron chi connectivity index (χ3n) is 5.17. The number of hydrogen-bond acceptors (Lipinski definition) is 3. The van der Waals surface area contributed by atoms with Gasteiger partial charge >= 0.3 is 5.97 Å². The number of benzene rings is 1. The van der Waals surface area contributed by atoms with E-state index in [0.717, 1.165) is 35.3 Å². The first-order valence-electron chi connectivity index (χ1n) is 9.17. The van der Waals surface area contributed by atoms with E-state index in [1.165, 1.54) is 17.4 Å². The number of carbonyl (C=O) groups is 2. The lowest BCUT2D eigenvalue weighted by Crippen LogP contribution is -2.26. The molecule has 1 aromatic carbocycles. The molecule has 0 bridgehead atoms. The Bertz CT molecular complexity index is 875. The fourth-order valence-electron chi connectivity index (χ4n) is 3.53. The fourth-order valence-corrected chi connectivity index (χ4v) is 4.85. The van der Waals surface area contributed by atoms with E-state index < -0.39 is 5.97 Å². The Morgan fingerprint density at radius 1 is 1.22 bits per heavy atom. The van der Waals surface area contributed by atoms with Crippen molar-refractivity contribution in [3.63, 3.8) is 0 Å². The van der Waals surface area contributed by atoms with Crippen molar-refractivity contribution in [2.24, 2.45) is 11.3 Å². The molecule has 0 aliphatic heterocycles. The van der Waals surface area contributed by atoms with E-state index in [1.807, 2.05) is 30.3 Å². The average molecular weight is 384 g/mol. The first-order chi connectivity index (χ1) is 12.8. The summed E-state index contributed by atoms with van der Waals surface area (Å²) in [5, 5.41) is 12.9. The topological polar surface area (TPSA) is 66.4 Å². The summed E-state index contributed by atoms with van der Waals surface area (Å²) < 4.78 is 0. The smallest absolute Gasteiger partial charge is 0.339 e. The molecular weight excluding hydrogens is 358 g/mol. The lowest BCUT2D eigenvalue weighted by Gasteiger charge is -2.33. The molecule has 4 nitrogen and oxygen atoms in total. The van der Waals surface area contributed by atoms with Crippen LogP contribution in [0.1, 0.15) is 53.6 Å². The number of fused-ring (bicyclic) bond motifs is 1. The van der Waals surface area contributed by atoms with Crippen molar-refractivity contribution in [1.82, 2.24) is 0 Å². The van der Waals surface area contributed by atoms with Gasteiger partial charge in [-0.25, -0.2) is 4.79 Å². The highest BCUT2D eigenvalue weighted by Crippen LogP contribution is 2.44. The largest absolute Gasteiger partial charge is 0.478 e. The van der Waals surface area contributed by atoms with E-state index >= 15 is 0 Å². The Hall–Kier alpha value is -2.40. The summed E-state index contributed by atoms with van der Waals surface area (Å²) in [6.07, 6.45) is 5.77. The van der Waals surface area contributed by atoms with Gasteiger partial charge < -0.3 is 10.4 Å². The van der Waals surface area contributed by atoms with Gasteiger partial charge in [0.2, 0.25) is 5.91 Å². The third-order valence-corrected chi connectivity index (χ3v) is 6.34. The summed E-state index contributed by atoms with van der Waals surface area (Å²) >= 11 is 1.41. The van der Waals surface area contributed by atoms with Crippen molar-refractivity contribution in [1.29, 1.82) is 0 Å². The standard InChI is InChI=1S/C22H25NO3S/c1-22(2,3)15-10-11-16-17(13-15)27-20(19(16)21(25)26)23-18(24)12-9-14-7-5-4-6-8-14/h4-9,12,15H,10-11,13H2,1-3H3,(H,23,24)(H,25,26)/b12-9+. The molecule has 1 aliphatic rings. The molecule has 1 aliphatic carbocycles. The zero-order valence-corrected chi connectivity index (χ0v) is 16.7. The number of hydrogen-bond donors (Lipinski definition) is 2. The molecule has 1 heterocycles. The maximum Gasteiger partial charge on any atom is 0.339 e. The molecule has 2 N–H and O–H groups in total. The van der Waals surface area contributed by atoms with Crippen molar-refractivity contribution in [3.05, 3.63) is 58.0 Å². The lowest BCUT2D eigenvalue weighted by molar-refractivity contribution is -0.111. The Balaban J connectivity index is 1.82. The van der Waals surface area contributed by atoms with Gasteiger partial charge in [-0.3, -0.25) is 4.79 Å². The minimum atomic E-state index is -0.968. The Morgan fingerprint density at radius 3 is 2.56 bits per heavy atom. The third kappa shape index (κ3) is 4.48. The molecule has 1 unspecified atom stereocenters. The predicted octanol–water partition coefficient (Wildman–Crippen LogP) is 5.25. The fraction of sp³-hybridized carbons (Fsp3) is 0.364. The average Bonchev–Trinajstić information content (AvgIpc) is 2.97. The zero-order valence-electron chi connectivity index (χ0n) is 15.9. The summed E-state index contributed by atoms with van der Waals surface area (Å²) in [6, 6.07) is 9.53. The SMILES string of the molecule is CC(C)(C)C1CCc2c(sc(NC(=O)/C=C/c3ccccc3)c2C(=O)O)C1. The van der Waals surface area contributed by atoms with Crippen molar-refractivity contribution < 1.29 is 14.7 Å². The summed E-state index contributed by atoms with van der Waals surface area (Å²) in [5.74, 6) is -0.761. The molecule has 0 saturated heterocycles. The quantitative estimate of drug-likeness (QED) is 0.709. The van der Waals surface area contributed by atoms with Crippen LogP contribution in [-0.4, -0.2) is 17.0 Å². The van der Waals surface area contributed by atoms with Gasteiger partial charge in [-0.15, -0.1) is 11.3 Å². The van der Waals surface area contributed by atoms with Crippen LogP contribution in [0.2, 0.25) is 0 Å². The van der Waals surface area contributed by atoms with Crippen LogP contribution in [0, 0.1) is 11.3 Å². The van der Waals surface area contributed by atoms with Gasteiger partial charge in [-0.05, 0) is 47.8 Å². The van der Waals surface area contributed by atoms with E-state index in [0.29, 0.717) is 10.9 Å². The van der Waals surface area contributed by atoms with E-state index in [1.54, 1.807) is 6.08 Å². The Kier molecular flexibility index (Phi) is 5.51. The molecule has 2 aromatic rings. The van der Waals surface area contributed by atoms with Gasteiger partial charge in [0.05, 0.1) is 5.56 Å².